The Balaban J connectivity index is 1.93. The number of aromatic nitrogens is 4. The first-order valence-electron chi connectivity index (χ1n) is 8.35. The van der Waals surface area contributed by atoms with Crippen LogP contribution >= 0.6 is 0 Å². The number of carbonyl (C=O) groups excluding carboxylic acids is 1. The first kappa shape index (κ1) is 17.1. The molecule has 0 aliphatic heterocycles. The van der Waals surface area contributed by atoms with E-state index in [-0.39, 0.29) is 17.1 Å². The zero-order valence-electron chi connectivity index (χ0n) is 15.1. The summed E-state index contributed by atoms with van der Waals surface area (Å²) in [7, 11) is 0. The number of benzene rings is 1. The molecule has 3 rings (SSSR count). The molecule has 0 radical (unpaired) electrons. The lowest BCUT2D eigenvalue weighted by molar-refractivity contribution is 0.0667. The average molecular weight is 337 g/mol. The molecule has 0 saturated heterocycles. The molecule has 6 heteroatoms. The molecule has 0 aliphatic carbocycles. The largest absolute Gasteiger partial charge is 0.331 e. The second-order valence-electron chi connectivity index (χ2n) is 7.44. The molecule has 0 bridgehead atoms. The van der Waals surface area contributed by atoms with E-state index in [0.717, 1.165) is 11.3 Å². The number of fused-ring (bicyclic) bond motifs is 1. The van der Waals surface area contributed by atoms with Gasteiger partial charge in [0, 0.05) is 25.0 Å². The molecule has 1 aromatic carbocycles. The van der Waals surface area contributed by atoms with Crippen LogP contribution in [0.15, 0.2) is 42.6 Å². The SMILES string of the molecule is Cc1ccnc2nc(C(=O)N(Cc3ccccc3)CC(C)(C)C)nn12. The molecule has 2 heterocycles. The van der Waals surface area contributed by atoms with Crippen molar-refractivity contribution in [1.82, 2.24) is 24.5 Å². The minimum Gasteiger partial charge on any atom is -0.331 e. The lowest BCUT2D eigenvalue weighted by atomic mass is 9.95. The molecular formula is C19H23N5O. The highest BCUT2D eigenvalue weighted by atomic mass is 16.2. The smallest absolute Gasteiger partial charge is 0.293 e. The van der Waals surface area contributed by atoms with E-state index < -0.39 is 0 Å². The fraction of sp³-hybridized carbons (Fsp3) is 0.368. The van der Waals surface area contributed by atoms with E-state index >= 15 is 0 Å². The molecule has 0 atom stereocenters. The van der Waals surface area contributed by atoms with E-state index in [9.17, 15) is 4.79 Å². The maximum absolute atomic E-state index is 13.1. The predicted octanol–water partition coefficient (Wildman–Crippen LogP) is 3.12. The summed E-state index contributed by atoms with van der Waals surface area (Å²) < 4.78 is 1.60. The fourth-order valence-corrected chi connectivity index (χ4v) is 2.71. The molecule has 0 aliphatic rings. The van der Waals surface area contributed by atoms with E-state index in [2.05, 4.69) is 35.8 Å². The summed E-state index contributed by atoms with van der Waals surface area (Å²) in [6.45, 7) is 9.39. The van der Waals surface area contributed by atoms with Crippen LogP contribution < -0.4 is 0 Å². The van der Waals surface area contributed by atoms with Gasteiger partial charge in [-0.05, 0) is 24.0 Å². The fourth-order valence-electron chi connectivity index (χ4n) is 2.71. The second-order valence-corrected chi connectivity index (χ2v) is 7.44. The Bertz CT molecular complexity index is 880. The van der Waals surface area contributed by atoms with Crippen LogP contribution in [-0.4, -0.2) is 36.9 Å². The molecule has 130 valence electrons. The molecule has 0 saturated carbocycles. The van der Waals surface area contributed by atoms with Crippen molar-refractivity contribution in [1.29, 1.82) is 0 Å². The zero-order chi connectivity index (χ0) is 18.0. The standard InChI is InChI=1S/C19H23N5O/c1-14-10-11-20-18-21-16(22-24(14)18)17(25)23(13-19(2,3)4)12-15-8-6-5-7-9-15/h5-11H,12-13H2,1-4H3. The molecule has 0 unspecified atom stereocenters. The molecule has 3 aromatic rings. The van der Waals surface area contributed by atoms with Crippen LogP contribution in [-0.2, 0) is 6.54 Å². The third-order valence-corrected chi connectivity index (χ3v) is 3.79. The van der Waals surface area contributed by atoms with Gasteiger partial charge in [0.05, 0.1) is 0 Å². The van der Waals surface area contributed by atoms with E-state index in [4.69, 9.17) is 0 Å². The van der Waals surface area contributed by atoms with E-state index in [1.165, 1.54) is 0 Å². The Hall–Kier alpha value is -2.76. The number of hydrogen-bond acceptors (Lipinski definition) is 4. The van der Waals surface area contributed by atoms with Crippen LogP contribution in [0.25, 0.3) is 5.78 Å². The molecule has 1 amide bonds. The highest BCUT2D eigenvalue weighted by Gasteiger charge is 2.25. The van der Waals surface area contributed by atoms with Crippen molar-refractivity contribution in [2.75, 3.05) is 6.54 Å². The monoisotopic (exact) mass is 337 g/mol. The Morgan fingerprint density at radius 2 is 1.88 bits per heavy atom. The van der Waals surface area contributed by atoms with Gasteiger partial charge in [-0.15, -0.1) is 5.10 Å². The van der Waals surface area contributed by atoms with Gasteiger partial charge in [0.1, 0.15) is 0 Å². The van der Waals surface area contributed by atoms with Crippen LogP contribution in [0.3, 0.4) is 0 Å². The number of hydrogen-bond donors (Lipinski definition) is 0. The summed E-state index contributed by atoms with van der Waals surface area (Å²) in [6, 6.07) is 11.8. The van der Waals surface area contributed by atoms with Crippen LogP contribution in [0.1, 0.15) is 42.6 Å². The van der Waals surface area contributed by atoms with Crippen LogP contribution in [0.4, 0.5) is 0 Å². The van der Waals surface area contributed by atoms with E-state index in [0.29, 0.717) is 18.9 Å². The summed E-state index contributed by atoms with van der Waals surface area (Å²) in [5, 5.41) is 4.36. The van der Waals surface area contributed by atoms with Gasteiger partial charge in [0.15, 0.2) is 0 Å². The quantitative estimate of drug-likeness (QED) is 0.734. The van der Waals surface area contributed by atoms with Crippen molar-refractivity contribution in [2.24, 2.45) is 5.41 Å². The van der Waals surface area contributed by atoms with Crippen molar-refractivity contribution in [2.45, 2.75) is 34.2 Å². The molecule has 25 heavy (non-hydrogen) atoms. The molecule has 6 nitrogen and oxygen atoms in total. The minimum atomic E-state index is -0.177. The average Bonchev–Trinajstić information content (AvgIpc) is 2.99. The highest BCUT2D eigenvalue weighted by Crippen LogP contribution is 2.19. The lowest BCUT2D eigenvalue weighted by Gasteiger charge is -2.29. The first-order valence-corrected chi connectivity index (χ1v) is 8.35. The predicted molar refractivity (Wildman–Crippen MR) is 96.2 cm³/mol. The van der Waals surface area contributed by atoms with E-state index in [1.54, 1.807) is 15.6 Å². The number of nitrogens with zero attached hydrogens (tertiary/aromatic N) is 5. The zero-order valence-corrected chi connectivity index (χ0v) is 15.1. The summed E-state index contributed by atoms with van der Waals surface area (Å²) in [5.74, 6) is 0.449. The number of amides is 1. The molecule has 0 N–H and O–H groups in total. The molecule has 2 aromatic heterocycles. The van der Waals surface area contributed by atoms with Crippen LogP contribution in [0.2, 0.25) is 0 Å². The highest BCUT2D eigenvalue weighted by molar-refractivity contribution is 5.90. The number of carbonyl (C=O) groups is 1. The second kappa shape index (κ2) is 6.63. The van der Waals surface area contributed by atoms with Gasteiger partial charge in [-0.2, -0.15) is 4.98 Å². The third kappa shape index (κ3) is 4.02. The summed E-state index contributed by atoms with van der Waals surface area (Å²) in [5.41, 5.74) is 1.94. The molecule has 0 spiro atoms. The molecule has 0 fully saturated rings. The van der Waals surface area contributed by atoms with Gasteiger partial charge in [0.2, 0.25) is 5.82 Å². The Labute approximate surface area is 147 Å². The number of aryl methyl sites for hydroxylation is 1. The summed E-state index contributed by atoms with van der Waals surface area (Å²) in [4.78, 5) is 23.4. The van der Waals surface area contributed by atoms with Gasteiger partial charge in [-0.1, -0.05) is 51.1 Å². The maximum Gasteiger partial charge on any atom is 0.293 e. The maximum atomic E-state index is 13.1. The Kier molecular flexibility index (Phi) is 4.53. The van der Waals surface area contributed by atoms with Gasteiger partial charge in [-0.25, -0.2) is 9.50 Å². The number of rotatable bonds is 4. The van der Waals surface area contributed by atoms with Gasteiger partial charge in [0.25, 0.3) is 11.7 Å². The third-order valence-electron chi connectivity index (χ3n) is 3.79. The minimum absolute atomic E-state index is 0.0300. The Morgan fingerprint density at radius 3 is 2.52 bits per heavy atom. The van der Waals surface area contributed by atoms with Crippen LogP contribution in [0, 0.1) is 12.3 Å². The van der Waals surface area contributed by atoms with Crippen molar-refractivity contribution >= 4 is 11.7 Å². The topological polar surface area (TPSA) is 63.4 Å². The summed E-state index contributed by atoms with van der Waals surface area (Å²) >= 11 is 0. The first-order chi connectivity index (χ1) is 11.8. The van der Waals surface area contributed by atoms with E-state index in [1.807, 2.05) is 43.3 Å². The molecular weight excluding hydrogens is 314 g/mol. The van der Waals surface area contributed by atoms with Gasteiger partial charge in [-0.3, -0.25) is 4.79 Å². The van der Waals surface area contributed by atoms with Crippen molar-refractivity contribution < 1.29 is 4.79 Å². The lowest BCUT2D eigenvalue weighted by Crippen LogP contribution is -2.37. The van der Waals surface area contributed by atoms with Crippen molar-refractivity contribution in [3.63, 3.8) is 0 Å². The normalized spacial score (nSPS) is 11.7. The van der Waals surface area contributed by atoms with Crippen LogP contribution in [0.5, 0.6) is 0 Å². The van der Waals surface area contributed by atoms with Gasteiger partial charge >= 0.3 is 0 Å². The summed E-state index contributed by atoms with van der Waals surface area (Å²) in [6.07, 6.45) is 1.67. The van der Waals surface area contributed by atoms with Crippen molar-refractivity contribution in [3.8, 4) is 0 Å². The van der Waals surface area contributed by atoms with Gasteiger partial charge < -0.3 is 4.90 Å². The Morgan fingerprint density at radius 1 is 1.16 bits per heavy atom. The van der Waals surface area contributed by atoms with Crippen molar-refractivity contribution in [3.05, 3.63) is 59.7 Å².